The first kappa shape index (κ1) is 13.9. The number of carboxylic acid groups (broad SMARTS) is 1. The van der Waals surface area contributed by atoms with Gasteiger partial charge in [0, 0.05) is 6.54 Å². The molecule has 1 heterocycles. The predicted octanol–water partition coefficient (Wildman–Crippen LogP) is 0.226. The number of carbonyl (C=O) groups excluding carboxylic acids is 1. The molecule has 0 spiro atoms. The maximum Gasteiger partial charge on any atom is 0.315 e. The number of nitrogens with one attached hydrogen (secondary N) is 2. The molecule has 0 fully saturated rings. The molecule has 1 aromatic rings. The molecule has 0 aliphatic carbocycles. The molecule has 8 nitrogen and oxygen atoms in total. The van der Waals surface area contributed by atoms with Gasteiger partial charge in [0.1, 0.15) is 0 Å². The van der Waals surface area contributed by atoms with Crippen LogP contribution in [0.1, 0.15) is 19.7 Å². The summed E-state index contributed by atoms with van der Waals surface area (Å²) in [6, 6.07) is -0.466. The van der Waals surface area contributed by atoms with E-state index in [2.05, 4.69) is 25.3 Å². The molecule has 0 saturated carbocycles. The minimum atomic E-state index is -0.927. The van der Waals surface area contributed by atoms with Crippen molar-refractivity contribution in [1.82, 2.24) is 20.8 Å². The Morgan fingerprint density at radius 2 is 2.17 bits per heavy atom. The lowest BCUT2D eigenvalue weighted by Crippen LogP contribution is -2.41. The average Bonchev–Trinajstić information content (AvgIpc) is 2.78. The summed E-state index contributed by atoms with van der Waals surface area (Å²) < 4.78 is 4.50. The van der Waals surface area contributed by atoms with Gasteiger partial charge >= 0.3 is 12.0 Å². The van der Waals surface area contributed by atoms with E-state index in [1.54, 1.807) is 13.8 Å². The number of hydrogen-bond donors (Lipinski definition) is 3. The van der Waals surface area contributed by atoms with Gasteiger partial charge in [0.05, 0.1) is 12.5 Å². The molecule has 0 bridgehead atoms. The third-order valence-corrected chi connectivity index (χ3v) is 2.42. The summed E-state index contributed by atoms with van der Waals surface area (Å²) in [4.78, 5) is 26.0. The quantitative estimate of drug-likeness (QED) is 0.670. The van der Waals surface area contributed by atoms with Gasteiger partial charge in [-0.2, -0.15) is 4.98 Å². The van der Waals surface area contributed by atoms with Gasteiger partial charge in [0.2, 0.25) is 6.39 Å². The van der Waals surface area contributed by atoms with E-state index in [4.69, 9.17) is 5.11 Å². The lowest BCUT2D eigenvalue weighted by molar-refractivity contribution is -0.142. The zero-order valence-corrected chi connectivity index (χ0v) is 10.2. The maximum absolute atomic E-state index is 11.4. The highest BCUT2D eigenvalue weighted by Gasteiger charge is 2.21. The predicted molar refractivity (Wildman–Crippen MR) is 60.5 cm³/mol. The SMILES string of the molecule is CC(C)C(CNC(=O)NCc1ncon1)C(=O)O. The molecule has 3 N–H and O–H groups in total. The highest BCUT2D eigenvalue weighted by molar-refractivity contribution is 5.75. The number of urea groups is 1. The summed E-state index contributed by atoms with van der Waals surface area (Å²) in [5.74, 6) is -1.24. The molecule has 1 rings (SSSR count). The fourth-order valence-electron chi connectivity index (χ4n) is 1.30. The molecule has 2 amide bonds. The van der Waals surface area contributed by atoms with Gasteiger partial charge in [-0.05, 0) is 5.92 Å². The minimum absolute atomic E-state index is 0.0555. The topological polar surface area (TPSA) is 117 Å². The van der Waals surface area contributed by atoms with Crippen molar-refractivity contribution in [3.63, 3.8) is 0 Å². The van der Waals surface area contributed by atoms with Crippen molar-refractivity contribution in [3.8, 4) is 0 Å². The van der Waals surface area contributed by atoms with E-state index in [-0.39, 0.29) is 19.0 Å². The third-order valence-electron chi connectivity index (χ3n) is 2.42. The van der Waals surface area contributed by atoms with Crippen molar-refractivity contribution in [2.45, 2.75) is 20.4 Å². The van der Waals surface area contributed by atoms with E-state index < -0.39 is 17.9 Å². The summed E-state index contributed by atoms with van der Waals surface area (Å²) in [5, 5.41) is 17.4. The second kappa shape index (κ2) is 6.58. The molecule has 0 aliphatic heterocycles. The van der Waals surface area contributed by atoms with Crippen LogP contribution in [0.2, 0.25) is 0 Å². The lowest BCUT2D eigenvalue weighted by Gasteiger charge is -2.16. The van der Waals surface area contributed by atoms with Crippen LogP contribution in [-0.2, 0) is 11.3 Å². The number of amides is 2. The van der Waals surface area contributed by atoms with Crippen LogP contribution >= 0.6 is 0 Å². The molecule has 1 aromatic heterocycles. The maximum atomic E-state index is 11.4. The Bertz CT molecular complexity index is 391. The highest BCUT2D eigenvalue weighted by atomic mass is 16.5. The molecule has 8 heteroatoms. The second-order valence-electron chi connectivity index (χ2n) is 4.10. The van der Waals surface area contributed by atoms with Gasteiger partial charge in [-0.25, -0.2) is 4.79 Å². The Morgan fingerprint density at radius 1 is 1.44 bits per heavy atom. The first-order valence-electron chi connectivity index (χ1n) is 5.50. The molecule has 0 saturated heterocycles. The van der Waals surface area contributed by atoms with E-state index in [0.717, 1.165) is 6.39 Å². The summed E-state index contributed by atoms with van der Waals surface area (Å²) in [6.07, 6.45) is 1.16. The molecule has 0 radical (unpaired) electrons. The van der Waals surface area contributed by atoms with Gasteiger partial charge in [-0.3, -0.25) is 4.79 Å². The zero-order valence-electron chi connectivity index (χ0n) is 10.2. The first-order valence-corrected chi connectivity index (χ1v) is 5.50. The number of hydrogen-bond acceptors (Lipinski definition) is 5. The Labute approximate surface area is 104 Å². The Kier molecular flexibility index (Phi) is 5.09. The summed E-state index contributed by atoms with van der Waals surface area (Å²) in [5.41, 5.74) is 0. The molecular formula is C10H16N4O4. The summed E-state index contributed by atoms with van der Waals surface area (Å²) in [6.45, 7) is 3.78. The third kappa shape index (κ3) is 4.40. The number of rotatable bonds is 6. The van der Waals surface area contributed by atoms with E-state index in [1.807, 2.05) is 0 Å². The molecule has 1 atom stereocenters. The Hall–Kier alpha value is -2.12. The lowest BCUT2D eigenvalue weighted by atomic mass is 9.96. The van der Waals surface area contributed by atoms with Crippen molar-refractivity contribution in [3.05, 3.63) is 12.2 Å². The number of aliphatic carboxylic acids is 1. The number of carbonyl (C=O) groups is 2. The molecule has 18 heavy (non-hydrogen) atoms. The fraction of sp³-hybridized carbons (Fsp3) is 0.600. The molecule has 1 unspecified atom stereocenters. The second-order valence-corrected chi connectivity index (χ2v) is 4.10. The first-order chi connectivity index (χ1) is 8.50. The van der Waals surface area contributed by atoms with Gasteiger partial charge in [0.15, 0.2) is 5.82 Å². The smallest absolute Gasteiger partial charge is 0.315 e. The van der Waals surface area contributed by atoms with Gasteiger partial charge in [-0.15, -0.1) is 0 Å². The van der Waals surface area contributed by atoms with Crippen LogP contribution in [0, 0.1) is 11.8 Å². The van der Waals surface area contributed by atoms with Crippen molar-refractivity contribution in [2.24, 2.45) is 11.8 Å². The summed E-state index contributed by atoms with van der Waals surface area (Å²) >= 11 is 0. The van der Waals surface area contributed by atoms with Crippen molar-refractivity contribution >= 4 is 12.0 Å². The van der Waals surface area contributed by atoms with Crippen LogP contribution in [0.5, 0.6) is 0 Å². The fourth-order valence-corrected chi connectivity index (χ4v) is 1.30. The van der Waals surface area contributed by atoms with E-state index in [9.17, 15) is 9.59 Å². The van der Waals surface area contributed by atoms with Crippen LogP contribution in [-0.4, -0.2) is 33.8 Å². The van der Waals surface area contributed by atoms with Gasteiger partial charge < -0.3 is 20.3 Å². The summed E-state index contributed by atoms with van der Waals surface area (Å²) in [7, 11) is 0. The number of nitrogens with zero attached hydrogens (tertiary/aromatic N) is 2. The standard InChI is InChI=1S/C10H16N4O4/c1-6(2)7(9(15)16)3-11-10(17)12-4-8-13-5-18-14-8/h5-7H,3-4H2,1-2H3,(H,15,16)(H2,11,12,17). The Morgan fingerprint density at radius 3 is 2.67 bits per heavy atom. The molecule has 0 aliphatic rings. The molecule has 0 aromatic carbocycles. The van der Waals surface area contributed by atoms with E-state index in [1.165, 1.54) is 0 Å². The van der Waals surface area contributed by atoms with Gasteiger partial charge in [0.25, 0.3) is 0 Å². The van der Waals surface area contributed by atoms with Crippen LogP contribution < -0.4 is 10.6 Å². The van der Waals surface area contributed by atoms with Crippen molar-refractivity contribution in [2.75, 3.05) is 6.54 Å². The van der Waals surface area contributed by atoms with E-state index in [0.29, 0.717) is 5.82 Å². The van der Waals surface area contributed by atoms with Crippen molar-refractivity contribution < 1.29 is 19.2 Å². The number of carboxylic acids is 1. The largest absolute Gasteiger partial charge is 0.481 e. The van der Waals surface area contributed by atoms with E-state index >= 15 is 0 Å². The zero-order chi connectivity index (χ0) is 13.5. The van der Waals surface area contributed by atoms with Crippen molar-refractivity contribution in [1.29, 1.82) is 0 Å². The Balaban J connectivity index is 2.29. The van der Waals surface area contributed by atoms with Crippen LogP contribution in [0.15, 0.2) is 10.9 Å². The molecular weight excluding hydrogens is 240 g/mol. The highest BCUT2D eigenvalue weighted by Crippen LogP contribution is 2.09. The average molecular weight is 256 g/mol. The van der Waals surface area contributed by atoms with Gasteiger partial charge in [-0.1, -0.05) is 19.0 Å². The number of aromatic nitrogens is 2. The molecule has 100 valence electrons. The van der Waals surface area contributed by atoms with Crippen LogP contribution in [0.25, 0.3) is 0 Å². The van der Waals surface area contributed by atoms with Crippen LogP contribution in [0.4, 0.5) is 4.79 Å². The minimum Gasteiger partial charge on any atom is -0.481 e. The monoisotopic (exact) mass is 256 g/mol. The normalized spacial score (nSPS) is 12.2. The van der Waals surface area contributed by atoms with Crippen LogP contribution in [0.3, 0.4) is 0 Å².